The van der Waals surface area contributed by atoms with Gasteiger partial charge in [0.05, 0.1) is 0 Å². The zero-order valence-electron chi connectivity index (χ0n) is 2.31. The van der Waals surface area contributed by atoms with E-state index in [1.165, 1.54) is 0 Å². The molecule has 43 valence electrons. The Morgan fingerprint density at radius 1 is 0.833 bits per heavy atom. The molecule has 0 fully saturated rings. The molecular weight excluding hydrogens is 303 g/mol. The molecule has 0 rings (SSSR count). The molecule has 0 saturated heterocycles. The minimum atomic E-state index is -7.18. The number of halogens is 4. The second-order valence-corrected chi connectivity index (χ2v) is 2.87. The van der Waals surface area contributed by atoms with Gasteiger partial charge in [0.2, 0.25) is 0 Å². The Bertz CT molecular complexity index is 23.0. The molecule has 1 radical (unpaired) electrons. The SMILES string of the molecule is [Ag].[F][Sn]([F])([F])[F]. The quantitative estimate of drug-likeness (QED) is 0.467. The average Bonchev–Trinajstić information content (AvgIpc) is 0.722. The summed E-state index contributed by atoms with van der Waals surface area (Å²) in [5.74, 6) is 0. The Labute approximate surface area is 54.4 Å². The molecule has 0 atom stereocenters. The van der Waals surface area contributed by atoms with Crippen molar-refractivity contribution in [2.24, 2.45) is 0 Å². The van der Waals surface area contributed by atoms with Gasteiger partial charge in [0, 0.05) is 22.4 Å². The van der Waals surface area contributed by atoms with E-state index in [1.54, 1.807) is 0 Å². The zero-order valence-corrected chi connectivity index (χ0v) is 6.65. The van der Waals surface area contributed by atoms with Crippen molar-refractivity contribution < 1.29 is 33.8 Å². The van der Waals surface area contributed by atoms with Gasteiger partial charge in [0.1, 0.15) is 0 Å². The molecule has 0 amide bonds. The first-order valence-corrected chi connectivity index (χ1v) is 5.07. The van der Waals surface area contributed by atoms with Gasteiger partial charge in [-0.3, -0.25) is 0 Å². The van der Waals surface area contributed by atoms with Gasteiger partial charge >= 0.3 is 32.1 Å². The maximum absolute atomic E-state index is 9.90. The zero-order chi connectivity index (χ0) is 4.50. The molecule has 0 saturated carbocycles. The van der Waals surface area contributed by atoms with Crippen LogP contribution in [0.3, 0.4) is 0 Å². The Morgan fingerprint density at radius 3 is 0.833 bits per heavy atom. The molecule has 0 nitrogen and oxygen atoms in total. The molecule has 0 aliphatic rings. The van der Waals surface area contributed by atoms with E-state index in [1.807, 2.05) is 0 Å². The van der Waals surface area contributed by atoms with Crippen LogP contribution >= 0.6 is 0 Å². The summed E-state index contributed by atoms with van der Waals surface area (Å²) in [6.07, 6.45) is 0. The van der Waals surface area contributed by atoms with E-state index in [-0.39, 0.29) is 22.4 Å². The van der Waals surface area contributed by atoms with Gasteiger partial charge in [0.15, 0.2) is 0 Å². The summed E-state index contributed by atoms with van der Waals surface area (Å²) in [6.45, 7) is 0. The van der Waals surface area contributed by atoms with E-state index in [4.69, 9.17) is 0 Å². The molecule has 0 spiro atoms. The van der Waals surface area contributed by atoms with Crippen LogP contribution in [0.1, 0.15) is 0 Å². The third-order valence-corrected chi connectivity index (χ3v) is 0. The molecular formula is AgF4Sn. The molecule has 0 aromatic heterocycles. The van der Waals surface area contributed by atoms with Crippen LogP contribution in [-0.2, 0) is 22.4 Å². The fraction of sp³-hybridized carbons (Fsp3) is 0. The van der Waals surface area contributed by atoms with Crippen molar-refractivity contribution in [1.29, 1.82) is 0 Å². The van der Waals surface area contributed by atoms with Gasteiger partial charge in [-0.15, -0.1) is 0 Å². The monoisotopic (exact) mass is 303 g/mol. The van der Waals surface area contributed by atoms with Crippen LogP contribution in [0.25, 0.3) is 0 Å². The maximum atomic E-state index is 9.90. The van der Waals surface area contributed by atoms with Gasteiger partial charge in [0.25, 0.3) is 0 Å². The summed E-state index contributed by atoms with van der Waals surface area (Å²) in [6, 6.07) is 0. The standard InChI is InChI=1S/Ag.4FH.Sn/h;4*1H;/q;;;;;+4/p-4. The third kappa shape index (κ3) is 60.2. The van der Waals surface area contributed by atoms with E-state index < -0.39 is 20.7 Å². The summed E-state index contributed by atoms with van der Waals surface area (Å²) >= 11 is -7.18. The first kappa shape index (κ1) is 10.3. The molecule has 6 heavy (non-hydrogen) atoms. The van der Waals surface area contributed by atoms with Crippen LogP contribution in [0.5, 0.6) is 0 Å². The van der Waals surface area contributed by atoms with E-state index in [0.717, 1.165) is 0 Å². The van der Waals surface area contributed by atoms with Gasteiger partial charge in [-0.1, -0.05) is 0 Å². The summed E-state index contributed by atoms with van der Waals surface area (Å²) in [7, 11) is 0. The number of hydrogen-bond acceptors (Lipinski definition) is 0. The van der Waals surface area contributed by atoms with Crippen LogP contribution in [0.15, 0.2) is 0 Å². The average molecular weight is 303 g/mol. The van der Waals surface area contributed by atoms with Crippen LogP contribution in [-0.4, -0.2) is 20.7 Å². The second-order valence-electron chi connectivity index (χ2n) is 0.429. The number of rotatable bonds is 0. The van der Waals surface area contributed by atoms with Crippen LogP contribution < -0.4 is 0 Å². The molecule has 0 aliphatic carbocycles. The van der Waals surface area contributed by atoms with Crippen molar-refractivity contribution in [3.8, 4) is 0 Å². The predicted molar refractivity (Wildman–Crippen MR) is 10.2 cm³/mol. The molecule has 0 aliphatic heterocycles. The first-order valence-electron chi connectivity index (χ1n) is 0.756. The predicted octanol–water partition coefficient (Wildman–Crippen LogP) is 1.30. The van der Waals surface area contributed by atoms with Gasteiger partial charge in [-0.2, -0.15) is 0 Å². The van der Waals surface area contributed by atoms with E-state index >= 15 is 0 Å². The molecule has 0 unspecified atom stereocenters. The fourth-order valence-electron chi connectivity index (χ4n) is 0. The fourth-order valence-corrected chi connectivity index (χ4v) is 0. The van der Waals surface area contributed by atoms with Crippen molar-refractivity contribution in [3.63, 3.8) is 0 Å². The minimum absolute atomic E-state index is 0. The molecule has 0 bridgehead atoms. The van der Waals surface area contributed by atoms with E-state index in [9.17, 15) is 11.5 Å². The van der Waals surface area contributed by atoms with Crippen molar-refractivity contribution in [2.75, 3.05) is 0 Å². The van der Waals surface area contributed by atoms with E-state index in [0.29, 0.717) is 0 Å². The van der Waals surface area contributed by atoms with Crippen molar-refractivity contribution in [1.82, 2.24) is 0 Å². The van der Waals surface area contributed by atoms with E-state index in [2.05, 4.69) is 0 Å². The second kappa shape index (κ2) is 3.29. The summed E-state index contributed by atoms with van der Waals surface area (Å²) in [5.41, 5.74) is 0. The summed E-state index contributed by atoms with van der Waals surface area (Å²) in [4.78, 5) is 0. The summed E-state index contributed by atoms with van der Waals surface area (Å²) in [5, 5.41) is 0. The Balaban J connectivity index is 0. The summed E-state index contributed by atoms with van der Waals surface area (Å²) < 4.78 is 39.6. The van der Waals surface area contributed by atoms with Crippen LogP contribution in [0, 0.1) is 0 Å². The Kier molecular flexibility index (Phi) is 5.63. The molecule has 0 N–H and O–H groups in total. The van der Waals surface area contributed by atoms with Crippen molar-refractivity contribution in [3.05, 3.63) is 0 Å². The molecule has 0 aromatic rings. The molecule has 0 aromatic carbocycles. The van der Waals surface area contributed by atoms with Gasteiger partial charge < -0.3 is 0 Å². The molecule has 0 heterocycles. The van der Waals surface area contributed by atoms with Crippen molar-refractivity contribution >= 4 is 20.7 Å². The Hall–Kier alpha value is 1.26. The van der Waals surface area contributed by atoms with Crippen LogP contribution in [0.2, 0.25) is 0 Å². The first-order chi connectivity index (χ1) is 2.00. The third-order valence-electron chi connectivity index (χ3n) is 0. The van der Waals surface area contributed by atoms with Crippen molar-refractivity contribution in [2.45, 2.75) is 0 Å². The normalized spacial score (nSPS) is 10.0. The van der Waals surface area contributed by atoms with Gasteiger partial charge in [-0.25, -0.2) is 0 Å². The van der Waals surface area contributed by atoms with Gasteiger partial charge in [-0.05, 0) is 0 Å². The molecule has 6 heteroatoms. The Morgan fingerprint density at radius 2 is 0.833 bits per heavy atom. The van der Waals surface area contributed by atoms with Crippen LogP contribution in [0.4, 0.5) is 11.5 Å². The number of hydrogen-bond donors (Lipinski definition) is 0. The topological polar surface area (TPSA) is 0 Å².